The minimum atomic E-state index is -0.639. The Morgan fingerprint density at radius 2 is 2.28 bits per heavy atom. The first-order chi connectivity index (χ1) is 7.99. The van der Waals surface area contributed by atoms with Gasteiger partial charge in [-0.05, 0) is 6.07 Å². The van der Waals surface area contributed by atoms with Crippen LogP contribution in [0.3, 0.4) is 0 Å². The zero-order valence-corrected chi connectivity index (χ0v) is 10.7. The van der Waals surface area contributed by atoms with Crippen LogP contribution in [-0.4, -0.2) is 17.5 Å². The molecule has 0 radical (unpaired) electrons. The number of rotatable bonds is 2. The van der Waals surface area contributed by atoms with E-state index < -0.39 is 17.0 Å². The van der Waals surface area contributed by atoms with Crippen LogP contribution in [0.5, 0.6) is 5.75 Å². The van der Waals surface area contributed by atoms with Crippen molar-refractivity contribution in [2.75, 3.05) is 6.61 Å². The van der Waals surface area contributed by atoms with E-state index in [1.165, 1.54) is 19.1 Å². The van der Waals surface area contributed by atoms with E-state index in [9.17, 15) is 14.9 Å². The molecule has 1 aromatic carbocycles. The van der Waals surface area contributed by atoms with Crippen LogP contribution in [0.2, 0.25) is 5.02 Å². The molecule has 0 fully saturated rings. The van der Waals surface area contributed by atoms with Crippen LogP contribution < -0.4 is 17.1 Å². The number of benzene rings is 1. The van der Waals surface area contributed by atoms with Crippen LogP contribution in [0.25, 0.3) is 0 Å². The molecule has 0 amide bonds. The zero-order chi connectivity index (χ0) is 12.6. The van der Waals surface area contributed by atoms with Crippen molar-refractivity contribution in [1.29, 1.82) is 0 Å². The van der Waals surface area contributed by atoms with E-state index in [1.54, 1.807) is 0 Å². The molecule has 1 aliphatic heterocycles. The topological polar surface area (TPSA) is 78.7 Å². The molecule has 1 unspecified atom stereocenters. The average molecular weight is 293 g/mol. The number of hydrogen-bond donors (Lipinski definition) is 0. The van der Waals surface area contributed by atoms with Crippen molar-refractivity contribution in [3.8, 4) is 5.75 Å². The van der Waals surface area contributed by atoms with Crippen molar-refractivity contribution >= 4 is 23.3 Å². The third-order valence-electron chi connectivity index (χ3n) is 2.29. The number of ether oxygens (including phenoxy) is 2. The van der Waals surface area contributed by atoms with Gasteiger partial charge in [-0.1, -0.05) is 11.6 Å². The highest BCUT2D eigenvalue weighted by Gasteiger charge is 2.33. The van der Waals surface area contributed by atoms with Crippen LogP contribution in [-0.2, 0) is 9.53 Å². The Bertz CT molecular complexity index is 505. The maximum Gasteiger partial charge on any atom is 0.312 e. The SMILES string of the molecule is CC(=O)OC1COc2c1cc(Cl)cc2[N+](=O)[O-].[Cl-]. The highest BCUT2D eigenvalue weighted by Crippen LogP contribution is 2.43. The molecule has 1 aromatic rings. The fraction of sp³-hybridized carbons (Fsp3) is 0.300. The van der Waals surface area contributed by atoms with E-state index in [0.29, 0.717) is 5.56 Å². The van der Waals surface area contributed by atoms with E-state index in [1.807, 2.05) is 0 Å². The predicted octanol–water partition coefficient (Wildman–Crippen LogP) is -0.751. The molecule has 1 aliphatic rings. The first-order valence-corrected chi connectivity index (χ1v) is 5.14. The van der Waals surface area contributed by atoms with Crippen molar-refractivity contribution in [3.05, 3.63) is 32.8 Å². The number of nitro benzene ring substituents is 1. The second kappa shape index (κ2) is 5.41. The highest BCUT2D eigenvalue weighted by atomic mass is 35.5. The van der Waals surface area contributed by atoms with E-state index in [0.717, 1.165) is 0 Å². The lowest BCUT2D eigenvalue weighted by molar-refractivity contribution is -0.385. The lowest BCUT2D eigenvalue weighted by atomic mass is 10.1. The number of nitrogens with zero attached hydrogens (tertiary/aromatic N) is 1. The smallest absolute Gasteiger partial charge is 0.312 e. The summed E-state index contributed by atoms with van der Waals surface area (Å²) in [5.74, 6) is -0.361. The number of carbonyl (C=O) groups is 1. The van der Waals surface area contributed by atoms with Gasteiger partial charge in [-0.15, -0.1) is 0 Å². The number of fused-ring (bicyclic) bond motifs is 1. The second-order valence-corrected chi connectivity index (χ2v) is 3.95. The van der Waals surface area contributed by atoms with Crippen molar-refractivity contribution in [2.45, 2.75) is 13.0 Å². The molecular weight excluding hydrogens is 285 g/mol. The van der Waals surface area contributed by atoms with Crippen LogP contribution in [0.4, 0.5) is 5.69 Å². The lowest BCUT2D eigenvalue weighted by Crippen LogP contribution is -3.00. The summed E-state index contributed by atoms with van der Waals surface area (Å²) in [5, 5.41) is 11.0. The van der Waals surface area contributed by atoms with Gasteiger partial charge < -0.3 is 21.9 Å². The van der Waals surface area contributed by atoms with Gasteiger partial charge in [0.05, 0.1) is 4.92 Å². The maximum atomic E-state index is 10.9. The minimum Gasteiger partial charge on any atom is -1.00 e. The molecule has 0 saturated carbocycles. The molecule has 0 aliphatic carbocycles. The van der Waals surface area contributed by atoms with Crippen LogP contribution in [0.15, 0.2) is 12.1 Å². The first kappa shape index (κ1) is 14.5. The van der Waals surface area contributed by atoms with E-state index in [-0.39, 0.29) is 35.5 Å². The summed E-state index contributed by atoms with van der Waals surface area (Å²) < 4.78 is 10.2. The Labute approximate surface area is 113 Å². The van der Waals surface area contributed by atoms with Gasteiger partial charge in [0.1, 0.15) is 6.61 Å². The Balaban J connectivity index is 0.00000162. The van der Waals surface area contributed by atoms with Crippen molar-refractivity contribution in [3.63, 3.8) is 0 Å². The van der Waals surface area contributed by atoms with E-state index in [2.05, 4.69) is 0 Å². The van der Waals surface area contributed by atoms with Crippen molar-refractivity contribution in [1.82, 2.24) is 0 Å². The Hall–Kier alpha value is -1.53. The van der Waals surface area contributed by atoms with E-state index >= 15 is 0 Å². The zero-order valence-electron chi connectivity index (χ0n) is 9.18. The van der Waals surface area contributed by atoms with E-state index in [4.69, 9.17) is 21.1 Å². The average Bonchev–Trinajstić information content (AvgIpc) is 2.59. The summed E-state index contributed by atoms with van der Waals surface area (Å²) in [4.78, 5) is 21.1. The minimum absolute atomic E-state index is 0. The molecular formula is C10H8Cl2NO5-. The maximum absolute atomic E-state index is 10.9. The van der Waals surface area contributed by atoms with Gasteiger partial charge in [0.15, 0.2) is 6.10 Å². The Morgan fingerprint density at radius 3 is 2.83 bits per heavy atom. The molecule has 8 heteroatoms. The van der Waals surface area contributed by atoms with Gasteiger partial charge in [-0.25, -0.2) is 0 Å². The van der Waals surface area contributed by atoms with Crippen molar-refractivity contribution in [2.24, 2.45) is 0 Å². The largest absolute Gasteiger partial charge is 1.00 e. The third kappa shape index (κ3) is 2.65. The number of hydrogen-bond acceptors (Lipinski definition) is 5. The monoisotopic (exact) mass is 292 g/mol. The normalized spacial score (nSPS) is 16.2. The molecule has 0 saturated heterocycles. The summed E-state index contributed by atoms with van der Waals surface area (Å²) in [6.45, 7) is 1.33. The molecule has 18 heavy (non-hydrogen) atoms. The predicted molar refractivity (Wildman–Crippen MR) is 58.1 cm³/mol. The van der Waals surface area contributed by atoms with Gasteiger partial charge in [0, 0.05) is 23.6 Å². The second-order valence-electron chi connectivity index (χ2n) is 3.51. The molecule has 2 rings (SSSR count). The number of nitro groups is 1. The molecule has 0 N–H and O–H groups in total. The summed E-state index contributed by atoms with van der Waals surface area (Å²) in [6.07, 6.45) is -0.639. The summed E-state index contributed by atoms with van der Waals surface area (Å²) in [7, 11) is 0. The summed E-state index contributed by atoms with van der Waals surface area (Å²) >= 11 is 5.77. The third-order valence-corrected chi connectivity index (χ3v) is 2.51. The van der Waals surface area contributed by atoms with Gasteiger partial charge in [-0.2, -0.15) is 0 Å². The molecule has 98 valence electrons. The standard InChI is InChI=1S/C10H8ClNO5.ClH/c1-5(13)17-9-4-16-10-7(9)2-6(11)3-8(10)12(14)15;/h2-3,9H,4H2,1H3;1H/p-1. The van der Waals surface area contributed by atoms with Crippen LogP contribution in [0.1, 0.15) is 18.6 Å². The van der Waals surface area contributed by atoms with Gasteiger partial charge in [-0.3, -0.25) is 14.9 Å². The quantitative estimate of drug-likeness (QED) is 0.407. The molecule has 0 spiro atoms. The number of halogens is 2. The summed E-state index contributed by atoms with van der Waals surface area (Å²) in [6, 6.07) is 2.71. The van der Waals surface area contributed by atoms with Crippen LogP contribution in [0, 0.1) is 10.1 Å². The van der Waals surface area contributed by atoms with Crippen molar-refractivity contribution < 1.29 is 31.6 Å². The summed E-state index contributed by atoms with van der Waals surface area (Å²) in [5.41, 5.74) is 0.210. The number of esters is 1. The van der Waals surface area contributed by atoms with Gasteiger partial charge >= 0.3 is 11.7 Å². The Morgan fingerprint density at radius 1 is 1.61 bits per heavy atom. The fourth-order valence-corrected chi connectivity index (χ4v) is 1.90. The van der Waals surface area contributed by atoms with Crippen LogP contribution >= 0.6 is 11.6 Å². The van der Waals surface area contributed by atoms with Gasteiger partial charge in [0.2, 0.25) is 5.75 Å². The molecule has 1 atom stereocenters. The molecule has 6 nitrogen and oxygen atoms in total. The first-order valence-electron chi connectivity index (χ1n) is 4.77. The number of carbonyl (C=O) groups excluding carboxylic acids is 1. The Kier molecular flexibility index (Phi) is 4.37. The molecule has 1 heterocycles. The molecule has 0 aromatic heterocycles. The molecule has 0 bridgehead atoms. The van der Waals surface area contributed by atoms with Gasteiger partial charge in [0.25, 0.3) is 0 Å². The fourth-order valence-electron chi connectivity index (χ4n) is 1.68. The lowest BCUT2D eigenvalue weighted by Gasteiger charge is -2.08. The highest BCUT2D eigenvalue weighted by molar-refractivity contribution is 6.31.